The monoisotopic (exact) mass is 1110 g/mol. The van der Waals surface area contributed by atoms with Crippen LogP contribution in [0.5, 0.6) is 0 Å². The van der Waals surface area contributed by atoms with Crippen molar-refractivity contribution in [1.82, 2.24) is 0 Å². The first kappa shape index (κ1) is 76.9. The fraction of sp³-hybridized carbons (Fsp3) is 0.904. The van der Waals surface area contributed by atoms with Crippen LogP contribution in [0, 0.1) is 0 Å². The lowest BCUT2D eigenvalue weighted by Gasteiger charge is -2.18. The quantitative estimate of drug-likeness (QED) is 0.0261. The fourth-order valence-corrected chi connectivity index (χ4v) is 11.1. The molecule has 0 fully saturated rings. The van der Waals surface area contributed by atoms with Crippen LogP contribution >= 0.6 is 0 Å². The SMILES string of the molecule is CCC/C=C\C/C=C\CCCCCCCC(=O)OCC(COC(=O)CCCCCCCCCCCCCCCCCCCCCCCCCCCC)OC(=O)CCCCCCCCCCCCCCCCCCCCCCCC. The summed E-state index contributed by atoms with van der Waals surface area (Å²) in [7, 11) is 0. The van der Waals surface area contributed by atoms with Crippen molar-refractivity contribution in [3.63, 3.8) is 0 Å². The van der Waals surface area contributed by atoms with Crippen LogP contribution in [0.4, 0.5) is 0 Å². The van der Waals surface area contributed by atoms with E-state index in [4.69, 9.17) is 14.2 Å². The molecule has 0 aromatic rings. The van der Waals surface area contributed by atoms with Crippen molar-refractivity contribution in [2.24, 2.45) is 0 Å². The Morgan fingerprint density at radius 3 is 0.747 bits per heavy atom. The molecule has 0 saturated heterocycles. The van der Waals surface area contributed by atoms with Crippen molar-refractivity contribution in [2.75, 3.05) is 13.2 Å². The molecule has 0 aromatic carbocycles. The Bertz CT molecular complexity index is 1270. The number of carbonyl (C=O) groups is 3. The van der Waals surface area contributed by atoms with Gasteiger partial charge in [0.15, 0.2) is 6.10 Å². The number of ether oxygens (including phenoxy) is 3. The van der Waals surface area contributed by atoms with Gasteiger partial charge >= 0.3 is 17.9 Å². The number of allylic oxidation sites excluding steroid dienone is 4. The van der Waals surface area contributed by atoms with Crippen LogP contribution in [-0.4, -0.2) is 37.2 Å². The summed E-state index contributed by atoms with van der Waals surface area (Å²) < 4.78 is 17.0. The van der Waals surface area contributed by atoms with E-state index < -0.39 is 6.10 Å². The molecule has 0 radical (unpaired) electrons. The Morgan fingerprint density at radius 1 is 0.253 bits per heavy atom. The standard InChI is InChI=1S/C73H138O6/c1-4-7-10-13-16-19-22-25-27-29-31-33-35-36-37-38-40-41-43-45-48-51-54-57-60-63-66-72(75)78-69-70(68-77-71(74)65-62-59-56-53-50-47-24-21-18-15-12-9-6-3)79-73(76)67-64-61-58-55-52-49-46-44-42-39-34-32-30-28-26-23-20-17-14-11-8-5-2/h12,15,21,24,70H,4-11,13-14,16-20,22-23,25-69H2,1-3H3/b15-12-,24-21-. The number of hydrogen-bond donors (Lipinski definition) is 0. The molecule has 6 nitrogen and oxygen atoms in total. The molecule has 6 heteroatoms. The summed E-state index contributed by atoms with van der Waals surface area (Å²) in [6.45, 7) is 6.65. The van der Waals surface area contributed by atoms with E-state index in [0.717, 1.165) is 83.5 Å². The third-order valence-electron chi connectivity index (χ3n) is 16.4. The molecule has 0 aromatic heterocycles. The van der Waals surface area contributed by atoms with E-state index in [-0.39, 0.29) is 31.1 Å². The maximum atomic E-state index is 12.9. The number of carbonyl (C=O) groups excluding carboxylic acids is 3. The Labute approximate surface area is 493 Å². The number of rotatable bonds is 67. The average Bonchev–Trinajstić information content (AvgIpc) is 3.45. The number of unbranched alkanes of at least 4 members (excludes halogenated alkanes) is 52. The van der Waals surface area contributed by atoms with Gasteiger partial charge < -0.3 is 14.2 Å². The zero-order valence-electron chi connectivity index (χ0n) is 53.7. The second-order valence-electron chi connectivity index (χ2n) is 24.5. The molecule has 0 aliphatic carbocycles. The Hall–Kier alpha value is -2.11. The van der Waals surface area contributed by atoms with Gasteiger partial charge in [0.1, 0.15) is 13.2 Å². The summed E-state index contributed by atoms with van der Waals surface area (Å²) in [6, 6.07) is 0. The molecule has 0 aliphatic rings. The maximum Gasteiger partial charge on any atom is 0.306 e. The van der Waals surface area contributed by atoms with Gasteiger partial charge in [-0.15, -0.1) is 0 Å². The van der Waals surface area contributed by atoms with Crippen LogP contribution in [0.1, 0.15) is 406 Å². The molecule has 0 spiro atoms. The van der Waals surface area contributed by atoms with Crippen LogP contribution in [0.25, 0.3) is 0 Å². The van der Waals surface area contributed by atoms with Crippen molar-refractivity contribution in [1.29, 1.82) is 0 Å². The number of esters is 3. The highest BCUT2D eigenvalue weighted by molar-refractivity contribution is 5.71. The van der Waals surface area contributed by atoms with Crippen LogP contribution in [0.15, 0.2) is 24.3 Å². The number of hydrogen-bond acceptors (Lipinski definition) is 6. The lowest BCUT2D eigenvalue weighted by molar-refractivity contribution is -0.167. The van der Waals surface area contributed by atoms with Crippen molar-refractivity contribution in [3.05, 3.63) is 24.3 Å². The highest BCUT2D eigenvalue weighted by atomic mass is 16.6. The van der Waals surface area contributed by atoms with E-state index in [2.05, 4.69) is 45.1 Å². The van der Waals surface area contributed by atoms with E-state index in [9.17, 15) is 14.4 Å². The molecular formula is C73H138O6. The molecule has 79 heavy (non-hydrogen) atoms. The van der Waals surface area contributed by atoms with Gasteiger partial charge in [-0.25, -0.2) is 0 Å². The van der Waals surface area contributed by atoms with Crippen molar-refractivity contribution < 1.29 is 28.6 Å². The molecule has 0 N–H and O–H groups in total. The summed E-state index contributed by atoms with van der Waals surface area (Å²) in [5.74, 6) is -0.851. The van der Waals surface area contributed by atoms with Gasteiger partial charge in [-0.2, -0.15) is 0 Å². The smallest absolute Gasteiger partial charge is 0.306 e. The molecule has 0 amide bonds. The predicted octanol–water partition coefficient (Wildman–Crippen LogP) is 24.6. The molecular weight excluding hydrogens is 973 g/mol. The van der Waals surface area contributed by atoms with Crippen molar-refractivity contribution >= 4 is 17.9 Å². The molecule has 1 atom stereocenters. The average molecular weight is 1110 g/mol. The van der Waals surface area contributed by atoms with Gasteiger partial charge in [0.25, 0.3) is 0 Å². The zero-order valence-corrected chi connectivity index (χ0v) is 53.7. The first-order valence-electron chi connectivity index (χ1n) is 35.8. The fourth-order valence-electron chi connectivity index (χ4n) is 11.1. The minimum atomic E-state index is -0.774. The zero-order chi connectivity index (χ0) is 57.1. The topological polar surface area (TPSA) is 78.9 Å². The summed E-state index contributed by atoms with van der Waals surface area (Å²) in [6.07, 6.45) is 83.6. The lowest BCUT2D eigenvalue weighted by Crippen LogP contribution is -2.30. The third kappa shape index (κ3) is 66.6. The molecule has 0 aliphatic heterocycles. The Kier molecular flexibility index (Phi) is 66.6. The normalized spacial score (nSPS) is 12.1. The van der Waals surface area contributed by atoms with E-state index >= 15 is 0 Å². The molecule has 466 valence electrons. The van der Waals surface area contributed by atoms with Gasteiger partial charge in [-0.05, 0) is 44.9 Å². The third-order valence-corrected chi connectivity index (χ3v) is 16.4. The van der Waals surface area contributed by atoms with Crippen molar-refractivity contribution in [2.45, 2.75) is 412 Å². The highest BCUT2D eigenvalue weighted by Gasteiger charge is 2.19. The molecule has 0 heterocycles. The molecule has 0 saturated carbocycles. The summed E-state index contributed by atoms with van der Waals surface area (Å²) in [5.41, 5.74) is 0. The van der Waals surface area contributed by atoms with Crippen LogP contribution in [0.2, 0.25) is 0 Å². The van der Waals surface area contributed by atoms with Gasteiger partial charge in [-0.1, -0.05) is 366 Å². The largest absolute Gasteiger partial charge is 0.462 e. The molecule has 0 bridgehead atoms. The maximum absolute atomic E-state index is 12.9. The lowest BCUT2D eigenvalue weighted by atomic mass is 10.0. The van der Waals surface area contributed by atoms with Gasteiger partial charge in [0, 0.05) is 19.3 Å². The van der Waals surface area contributed by atoms with Gasteiger partial charge in [-0.3, -0.25) is 14.4 Å². The predicted molar refractivity (Wildman–Crippen MR) is 344 cm³/mol. The Balaban J connectivity index is 4.19. The van der Waals surface area contributed by atoms with Crippen molar-refractivity contribution in [3.8, 4) is 0 Å². The molecule has 1 unspecified atom stereocenters. The second kappa shape index (κ2) is 68.4. The van der Waals surface area contributed by atoms with E-state index in [1.807, 2.05) is 0 Å². The van der Waals surface area contributed by atoms with Gasteiger partial charge in [0.2, 0.25) is 0 Å². The second-order valence-corrected chi connectivity index (χ2v) is 24.5. The van der Waals surface area contributed by atoms with Crippen LogP contribution < -0.4 is 0 Å². The summed E-state index contributed by atoms with van der Waals surface area (Å²) in [5, 5.41) is 0. The summed E-state index contributed by atoms with van der Waals surface area (Å²) >= 11 is 0. The minimum Gasteiger partial charge on any atom is -0.462 e. The summed E-state index contributed by atoms with van der Waals surface area (Å²) in [4.78, 5) is 38.4. The van der Waals surface area contributed by atoms with E-state index in [1.54, 1.807) is 0 Å². The van der Waals surface area contributed by atoms with Crippen LogP contribution in [0.3, 0.4) is 0 Å². The first-order chi connectivity index (χ1) is 39.0. The molecule has 0 rings (SSSR count). The first-order valence-corrected chi connectivity index (χ1v) is 35.8. The Morgan fingerprint density at radius 2 is 0.481 bits per heavy atom. The highest BCUT2D eigenvalue weighted by Crippen LogP contribution is 2.19. The van der Waals surface area contributed by atoms with Gasteiger partial charge in [0.05, 0.1) is 0 Å². The van der Waals surface area contributed by atoms with E-state index in [0.29, 0.717) is 19.3 Å². The minimum absolute atomic E-state index is 0.0693. The van der Waals surface area contributed by atoms with Crippen LogP contribution in [-0.2, 0) is 28.6 Å². The van der Waals surface area contributed by atoms with E-state index in [1.165, 1.54) is 283 Å².